The predicted molar refractivity (Wildman–Crippen MR) is 97.9 cm³/mol. The van der Waals surface area contributed by atoms with Crippen molar-refractivity contribution in [1.82, 2.24) is 20.2 Å². The predicted octanol–water partition coefficient (Wildman–Crippen LogP) is 2.62. The second-order valence-corrected chi connectivity index (χ2v) is 6.05. The van der Waals surface area contributed by atoms with E-state index >= 15 is 0 Å². The summed E-state index contributed by atoms with van der Waals surface area (Å²) >= 11 is 0. The van der Waals surface area contributed by atoms with E-state index in [-0.39, 0.29) is 0 Å². The average molecular weight is 342 g/mol. The Bertz CT molecular complexity index is 692. The van der Waals surface area contributed by atoms with Crippen LogP contribution in [0.4, 0.5) is 0 Å². The zero-order valence-corrected chi connectivity index (χ0v) is 14.9. The summed E-state index contributed by atoms with van der Waals surface area (Å²) in [6, 6.07) is 10.1. The standard InChI is InChI=1S/C19H26N4O2/c1-3-11-22(13-14-23-12-10-16(2)20-23)15-18-6-4-17(5-7-18)8-9-19(24)21-25/h4-10,12,25H,3,11,13-15H2,1-2H3,(H,21,24)/b9-8+. The van der Waals surface area contributed by atoms with E-state index in [0.29, 0.717) is 0 Å². The molecule has 1 aromatic heterocycles. The number of aromatic nitrogens is 2. The van der Waals surface area contributed by atoms with Crippen molar-refractivity contribution in [3.8, 4) is 0 Å². The second-order valence-electron chi connectivity index (χ2n) is 6.05. The fraction of sp³-hybridized carbons (Fsp3) is 0.368. The molecule has 1 aromatic carbocycles. The molecular weight excluding hydrogens is 316 g/mol. The van der Waals surface area contributed by atoms with E-state index in [9.17, 15) is 4.79 Å². The average Bonchev–Trinajstić information content (AvgIpc) is 3.04. The minimum absolute atomic E-state index is 0.535. The molecule has 134 valence electrons. The molecule has 0 aliphatic carbocycles. The van der Waals surface area contributed by atoms with Crippen LogP contribution in [0.15, 0.2) is 42.6 Å². The second kappa shape index (κ2) is 9.76. The lowest BCUT2D eigenvalue weighted by Crippen LogP contribution is -2.28. The van der Waals surface area contributed by atoms with Gasteiger partial charge in [0.25, 0.3) is 5.91 Å². The van der Waals surface area contributed by atoms with Crippen molar-refractivity contribution in [3.63, 3.8) is 0 Å². The number of nitrogens with one attached hydrogen (secondary N) is 1. The highest BCUT2D eigenvalue weighted by Gasteiger charge is 2.06. The van der Waals surface area contributed by atoms with Gasteiger partial charge in [0.1, 0.15) is 0 Å². The van der Waals surface area contributed by atoms with Gasteiger partial charge in [-0.1, -0.05) is 31.2 Å². The van der Waals surface area contributed by atoms with Crippen molar-refractivity contribution in [2.24, 2.45) is 0 Å². The first-order chi connectivity index (χ1) is 12.1. The molecule has 0 spiro atoms. The summed E-state index contributed by atoms with van der Waals surface area (Å²) in [4.78, 5) is 13.4. The number of hydrogen-bond acceptors (Lipinski definition) is 4. The molecule has 6 nitrogen and oxygen atoms in total. The Morgan fingerprint density at radius 3 is 2.64 bits per heavy atom. The Morgan fingerprint density at radius 2 is 2.04 bits per heavy atom. The molecule has 0 atom stereocenters. The minimum Gasteiger partial charge on any atom is -0.297 e. The van der Waals surface area contributed by atoms with Crippen molar-refractivity contribution in [2.75, 3.05) is 13.1 Å². The van der Waals surface area contributed by atoms with Gasteiger partial charge in [0.15, 0.2) is 0 Å². The Kier molecular flexibility index (Phi) is 7.37. The van der Waals surface area contributed by atoms with Crippen molar-refractivity contribution in [2.45, 2.75) is 33.4 Å². The monoisotopic (exact) mass is 342 g/mol. The van der Waals surface area contributed by atoms with E-state index < -0.39 is 5.91 Å². The molecule has 25 heavy (non-hydrogen) atoms. The fourth-order valence-corrected chi connectivity index (χ4v) is 2.62. The molecule has 2 aromatic rings. The largest absolute Gasteiger partial charge is 0.297 e. The summed E-state index contributed by atoms with van der Waals surface area (Å²) in [5, 5.41) is 12.9. The number of hydroxylamine groups is 1. The van der Waals surface area contributed by atoms with Crippen LogP contribution in [0.5, 0.6) is 0 Å². The minimum atomic E-state index is -0.535. The van der Waals surface area contributed by atoms with Crippen molar-refractivity contribution >= 4 is 12.0 Å². The summed E-state index contributed by atoms with van der Waals surface area (Å²) in [6.07, 6.45) is 6.09. The van der Waals surface area contributed by atoms with Gasteiger partial charge in [-0.15, -0.1) is 0 Å². The van der Waals surface area contributed by atoms with Gasteiger partial charge in [-0.25, -0.2) is 5.48 Å². The van der Waals surface area contributed by atoms with Gasteiger partial charge >= 0.3 is 0 Å². The molecule has 2 rings (SSSR count). The Hall–Kier alpha value is -2.44. The molecule has 0 radical (unpaired) electrons. The fourth-order valence-electron chi connectivity index (χ4n) is 2.62. The molecule has 0 unspecified atom stereocenters. The van der Waals surface area contributed by atoms with Crippen LogP contribution in [-0.4, -0.2) is 38.9 Å². The third kappa shape index (κ3) is 6.52. The van der Waals surface area contributed by atoms with Crippen LogP contribution in [0.1, 0.15) is 30.2 Å². The van der Waals surface area contributed by atoms with E-state index in [1.165, 1.54) is 11.6 Å². The number of benzene rings is 1. The molecule has 6 heteroatoms. The smallest absolute Gasteiger partial charge is 0.267 e. The Labute approximate surface area is 148 Å². The number of aryl methyl sites for hydroxylation is 1. The van der Waals surface area contributed by atoms with Crippen LogP contribution in [-0.2, 0) is 17.9 Å². The number of amides is 1. The van der Waals surface area contributed by atoms with Crippen LogP contribution in [0, 0.1) is 6.92 Å². The molecule has 0 saturated heterocycles. The lowest BCUT2D eigenvalue weighted by atomic mass is 10.1. The molecule has 0 aliphatic heterocycles. The number of hydrogen-bond donors (Lipinski definition) is 2. The molecule has 0 saturated carbocycles. The summed E-state index contributed by atoms with van der Waals surface area (Å²) in [7, 11) is 0. The highest BCUT2D eigenvalue weighted by molar-refractivity contribution is 5.90. The van der Waals surface area contributed by atoms with Crippen molar-refractivity contribution in [3.05, 3.63) is 59.4 Å². The van der Waals surface area contributed by atoms with Crippen LogP contribution in [0.3, 0.4) is 0 Å². The molecule has 0 bridgehead atoms. The SMILES string of the molecule is CCCN(CCn1ccc(C)n1)Cc1ccc(/C=C/C(=O)NO)cc1. The zero-order valence-electron chi connectivity index (χ0n) is 14.9. The number of rotatable bonds is 9. The summed E-state index contributed by atoms with van der Waals surface area (Å²) < 4.78 is 1.98. The van der Waals surface area contributed by atoms with Gasteiger partial charge in [-0.2, -0.15) is 5.10 Å². The van der Waals surface area contributed by atoms with Crippen LogP contribution < -0.4 is 5.48 Å². The topological polar surface area (TPSA) is 70.4 Å². The first-order valence-electron chi connectivity index (χ1n) is 8.54. The Morgan fingerprint density at radius 1 is 1.28 bits per heavy atom. The van der Waals surface area contributed by atoms with E-state index in [0.717, 1.165) is 43.9 Å². The first kappa shape index (κ1) is 18.9. The van der Waals surface area contributed by atoms with Gasteiger partial charge in [0, 0.05) is 25.4 Å². The van der Waals surface area contributed by atoms with Gasteiger partial charge < -0.3 is 0 Å². The highest BCUT2D eigenvalue weighted by atomic mass is 16.5. The van der Waals surface area contributed by atoms with Crippen molar-refractivity contribution in [1.29, 1.82) is 0 Å². The third-order valence-electron chi connectivity index (χ3n) is 3.88. The highest BCUT2D eigenvalue weighted by Crippen LogP contribution is 2.10. The summed E-state index contributed by atoms with van der Waals surface area (Å²) in [6.45, 7) is 7.94. The summed E-state index contributed by atoms with van der Waals surface area (Å²) in [5.41, 5.74) is 4.77. The number of carbonyl (C=O) groups excluding carboxylic acids is 1. The van der Waals surface area contributed by atoms with Crippen LogP contribution >= 0.6 is 0 Å². The number of carbonyl (C=O) groups is 1. The van der Waals surface area contributed by atoms with Gasteiger partial charge in [0.2, 0.25) is 0 Å². The number of nitrogens with zero attached hydrogens (tertiary/aromatic N) is 3. The quantitative estimate of drug-likeness (QED) is 0.417. The van der Waals surface area contributed by atoms with Crippen LogP contribution in [0.2, 0.25) is 0 Å². The van der Waals surface area contributed by atoms with Crippen LogP contribution in [0.25, 0.3) is 6.08 Å². The van der Waals surface area contributed by atoms with E-state index in [1.807, 2.05) is 36.0 Å². The molecular formula is C19H26N4O2. The normalized spacial score (nSPS) is 11.4. The maximum Gasteiger partial charge on any atom is 0.267 e. The molecule has 1 amide bonds. The Balaban J connectivity index is 1.91. The van der Waals surface area contributed by atoms with E-state index in [2.05, 4.69) is 29.1 Å². The zero-order chi connectivity index (χ0) is 18.1. The maximum atomic E-state index is 11.0. The molecule has 0 fully saturated rings. The molecule has 0 aliphatic rings. The van der Waals surface area contributed by atoms with Gasteiger partial charge in [-0.3, -0.25) is 19.6 Å². The van der Waals surface area contributed by atoms with Gasteiger partial charge in [-0.05, 0) is 43.2 Å². The van der Waals surface area contributed by atoms with E-state index in [1.54, 1.807) is 11.6 Å². The summed E-state index contributed by atoms with van der Waals surface area (Å²) in [5.74, 6) is -0.535. The third-order valence-corrected chi connectivity index (χ3v) is 3.88. The van der Waals surface area contributed by atoms with Crippen molar-refractivity contribution < 1.29 is 10.0 Å². The molecule has 2 N–H and O–H groups in total. The molecule has 1 heterocycles. The maximum absolute atomic E-state index is 11.0. The lowest BCUT2D eigenvalue weighted by Gasteiger charge is -2.21. The van der Waals surface area contributed by atoms with E-state index in [4.69, 9.17) is 5.21 Å². The van der Waals surface area contributed by atoms with Gasteiger partial charge in [0.05, 0.1) is 12.2 Å². The lowest BCUT2D eigenvalue weighted by molar-refractivity contribution is -0.124. The first-order valence-corrected chi connectivity index (χ1v) is 8.54.